The Morgan fingerprint density at radius 2 is 1.82 bits per heavy atom. The predicted octanol–water partition coefficient (Wildman–Crippen LogP) is 0.741. The summed E-state index contributed by atoms with van der Waals surface area (Å²) in [6, 6.07) is 3.69. The summed E-state index contributed by atoms with van der Waals surface area (Å²) in [5, 5.41) is 5.74. The molecule has 0 fully saturated rings. The molecule has 2 atom stereocenters. The van der Waals surface area contributed by atoms with Crippen molar-refractivity contribution < 1.29 is 28.6 Å². The lowest BCUT2D eigenvalue weighted by Crippen LogP contribution is -2.56. The molecule has 9 nitrogen and oxygen atoms in total. The van der Waals surface area contributed by atoms with Gasteiger partial charge in [-0.05, 0) is 25.0 Å². The van der Waals surface area contributed by atoms with Gasteiger partial charge in [-0.15, -0.1) is 0 Å². The van der Waals surface area contributed by atoms with Gasteiger partial charge in [0.2, 0.25) is 12.0 Å². The lowest BCUT2D eigenvalue weighted by atomic mass is 9.81. The summed E-state index contributed by atoms with van der Waals surface area (Å²) in [7, 11) is 2.38. The fourth-order valence-electron chi connectivity index (χ4n) is 3.91. The van der Waals surface area contributed by atoms with Crippen LogP contribution in [0.3, 0.4) is 0 Å². The molecular formula is C19H19N3O6. The number of amides is 1. The summed E-state index contributed by atoms with van der Waals surface area (Å²) in [4.78, 5) is 40.2. The summed E-state index contributed by atoms with van der Waals surface area (Å²) in [5.41, 5.74) is 0.361. The van der Waals surface area contributed by atoms with Gasteiger partial charge < -0.3 is 24.8 Å². The zero-order valence-corrected chi connectivity index (χ0v) is 15.8. The molecule has 0 saturated heterocycles. The summed E-state index contributed by atoms with van der Waals surface area (Å²) >= 11 is 0. The van der Waals surface area contributed by atoms with Crippen molar-refractivity contribution in [3.8, 4) is 0 Å². The smallest absolute Gasteiger partial charge is 0.355 e. The topological polar surface area (TPSA) is 106 Å². The Morgan fingerprint density at radius 3 is 2.50 bits per heavy atom. The minimum atomic E-state index is -1.86. The van der Waals surface area contributed by atoms with Crippen LogP contribution in [0.2, 0.25) is 0 Å². The number of nitrogens with zero attached hydrogens (tertiary/aromatic N) is 1. The second-order valence-electron chi connectivity index (χ2n) is 6.65. The van der Waals surface area contributed by atoms with Gasteiger partial charge in [0.15, 0.2) is 0 Å². The number of carbonyl (C=O) groups excluding carboxylic acids is 3. The number of methoxy groups -OCH3 is 2. The van der Waals surface area contributed by atoms with Gasteiger partial charge >= 0.3 is 11.9 Å². The minimum Gasteiger partial charge on any atom is -0.465 e. The van der Waals surface area contributed by atoms with E-state index < -0.39 is 29.8 Å². The van der Waals surface area contributed by atoms with E-state index in [1.807, 2.05) is 26.0 Å². The minimum absolute atomic E-state index is 0.115. The number of aryl methyl sites for hydroxylation is 2. The Labute approximate surface area is 160 Å². The number of ether oxygens (including phenoxy) is 3. The zero-order valence-electron chi connectivity index (χ0n) is 15.8. The first kappa shape index (κ1) is 18.1. The van der Waals surface area contributed by atoms with Gasteiger partial charge in [-0.25, -0.2) is 9.59 Å². The maximum absolute atomic E-state index is 13.3. The third-order valence-corrected chi connectivity index (χ3v) is 5.16. The lowest BCUT2D eigenvalue weighted by molar-refractivity contribution is -0.175. The SMILES string of the molecule is COC(=O)C1=C(C(=O)OC)C2(O[C@H]3NC=CN13)C(=O)Nc1c(C)ccc(C)c12. The second kappa shape index (κ2) is 6.10. The summed E-state index contributed by atoms with van der Waals surface area (Å²) in [6.07, 6.45) is 2.21. The van der Waals surface area contributed by atoms with Crippen molar-refractivity contribution in [1.29, 1.82) is 0 Å². The van der Waals surface area contributed by atoms with Crippen molar-refractivity contribution in [1.82, 2.24) is 10.2 Å². The molecule has 4 rings (SSSR count). The molecule has 0 aliphatic carbocycles. The molecule has 28 heavy (non-hydrogen) atoms. The van der Waals surface area contributed by atoms with Gasteiger partial charge in [-0.2, -0.15) is 0 Å². The molecule has 0 radical (unpaired) electrons. The van der Waals surface area contributed by atoms with Gasteiger partial charge in [0.1, 0.15) is 11.3 Å². The van der Waals surface area contributed by atoms with E-state index in [4.69, 9.17) is 14.2 Å². The van der Waals surface area contributed by atoms with E-state index in [-0.39, 0.29) is 11.3 Å². The van der Waals surface area contributed by atoms with Crippen LogP contribution in [0.1, 0.15) is 16.7 Å². The van der Waals surface area contributed by atoms with Gasteiger partial charge in [0.05, 0.1) is 19.9 Å². The molecule has 1 amide bonds. The molecule has 0 saturated carbocycles. The fourth-order valence-corrected chi connectivity index (χ4v) is 3.91. The molecule has 1 spiro atoms. The molecule has 3 heterocycles. The van der Waals surface area contributed by atoms with E-state index in [1.54, 1.807) is 6.20 Å². The van der Waals surface area contributed by atoms with E-state index in [0.717, 1.165) is 11.1 Å². The monoisotopic (exact) mass is 385 g/mol. The fraction of sp³-hybridized carbons (Fsp3) is 0.316. The van der Waals surface area contributed by atoms with Crippen molar-refractivity contribution in [2.75, 3.05) is 19.5 Å². The van der Waals surface area contributed by atoms with Crippen LogP contribution in [0, 0.1) is 13.8 Å². The number of anilines is 1. The quantitative estimate of drug-likeness (QED) is 0.718. The summed E-state index contributed by atoms with van der Waals surface area (Å²) < 4.78 is 16.0. The molecule has 0 aromatic heterocycles. The normalized spacial score (nSPS) is 24.6. The number of hydrogen-bond acceptors (Lipinski definition) is 8. The lowest BCUT2D eigenvalue weighted by Gasteiger charge is -2.42. The number of rotatable bonds is 2. The first-order chi connectivity index (χ1) is 13.4. The number of carbonyl (C=O) groups is 3. The van der Waals surface area contributed by atoms with Gasteiger partial charge in [-0.1, -0.05) is 12.1 Å². The van der Waals surface area contributed by atoms with Crippen molar-refractivity contribution in [2.45, 2.75) is 25.8 Å². The van der Waals surface area contributed by atoms with Crippen LogP contribution >= 0.6 is 0 Å². The average molecular weight is 385 g/mol. The Balaban J connectivity index is 2.11. The molecule has 1 aromatic carbocycles. The Bertz CT molecular complexity index is 982. The van der Waals surface area contributed by atoms with Gasteiger partial charge in [-0.3, -0.25) is 9.69 Å². The van der Waals surface area contributed by atoms with Crippen LogP contribution in [0.4, 0.5) is 5.69 Å². The maximum Gasteiger partial charge on any atom is 0.355 e. The summed E-state index contributed by atoms with van der Waals surface area (Å²) in [5.74, 6) is -2.22. The predicted molar refractivity (Wildman–Crippen MR) is 96.3 cm³/mol. The molecule has 3 aliphatic heterocycles. The Morgan fingerprint density at radius 1 is 1.14 bits per heavy atom. The van der Waals surface area contributed by atoms with Crippen molar-refractivity contribution in [2.24, 2.45) is 0 Å². The van der Waals surface area contributed by atoms with Crippen molar-refractivity contribution in [3.05, 3.63) is 52.5 Å². The standard InChI is InChI=1S/C19H19N3O6/c1-9-5-6-10(2)13-11(9)19(17(25)21-13)12(15(23)26-3)14(16(24)27-4)22-8-7-20-18(22)28-19/h5-8,18,20H,1-4H3,(H,21,25)/t18-,19?/m0/s1. The average Bonchev–Trinajstić information content (AvgIpc) is 3.26. The highest BCUT2D eigenvalue weighted by atomic mass is 16.6. The molecule has 1 unspecified atom stereocenters. The van der Waals surface area contributed by atoms with Crippen LogP contribution in [-0.4, -0.2) is 43.3 Å². The first-order valence-electron chi connectivity index (χ1n) is 8.59. The van der Waals surface area contributed by atoms with Crippen LogP contribution in [0.15, 0.2) is 35.8 Å². The third-order valence-electron chi connectivity index (χ3n) is 5.16. The Hall–Kier alpha value is -3.33. The molecule has 9 heteroatoms. The van der Waals surface area contributed by atoms with Crippen LogP contribution in [0.25, 0.3) is 0 Å². The largest absolute Gasteiger partial charge is 0.465 e. The van der Waals surface area contributed by atoms with Crippen LogP contribution in [0.5, 0.6) is 0 Å². The summed E-state index contributed by atoms with van der Waals surface area (Å²) in [6.45, 7) is 3.65. The highest BCUT2D eigenvalue weighted by Gasteiger charge is 2.62. The maximum atomic E-state index is 13.3. The highest BCUT2D eigenvalue weighted by Crippen LogP contribution is 2.51. The molecule has 3 aliphatic rings. The van der Waals surface area contributed by atoms with E-state index in [9.17, 15) is 14.4 Å². The molecule has 0 bridgehead atoms. The number of nitrogens with one attached hydrogen (secondary N) is 2. The van der Waals surface area contributed by atoms with E-state index in [0.29, 0.717) is 11.3 Å². The number of benzene rings is 1. The van der Waals surface area contributed by atoms with Gasteiger partial charge in [0, 0.05) is 18.0 Å². The molecular weight excluding hydrogens is 366 g/mol. The van der Waals surface area contributed by atoms with Crippen molar-refractivity contribution >= 4 is 23.5 Å². The van der Waals surface area contributed by atoms with E-state index in [1.165, 1.54) is 25.3 Å². The van der Waals surface area contributed by atoms with Crippen molar-refractivity contribution in [3.63, 3.8) is 0 Å². The second-order valence-corrected chi connectivity index (χ2v) is 6.65. The zero-order chi connectivity index (χ0) is 20.2. The van der Waals surface area contributed by atoms with Crippen LogP contribution < -0.4 is 10.6 Å². The molecule has 1 aromatic rings. The number of hydrogen-bond donors (Lipinski definition) is 2. The number of fused-ring (bicyclic) bond motifs is 3. The third kappa shape index (κ3) is 2.13. The van der Waals surface area contributed by atoms with Crippen LogP contribution in [-0.2, 0) is 34.2 Å². The Kier molecular flexibility index (Phi) is 3.93. The van der Waals surface area contributed by atoms with Gasteiger partial charge in [0.25, 0.3) is 5.91 Å². The molecule has 2 N–H and O–H groups in total. The van der Waals surface area contributed by atoms with E-state index >= 15 is 0 Å². The first-order valence-corrected chi connectivity index (χ1v) is 8.59. The number of esters is 2. The van der Waals surface area contributed by atoms with E-state index in [2.05, 4.69) is 10.6 Å². The molecule has 146 valence electrons. The highest BCUT2D eigenvalue weighted by molar-refractivity contribution is 6.16.